The second-order valence-electron chi connectivity index (χ2n) is 3.78. The second-order valence-corrected chi connectivity index (χ2v) is 3.78. The van der Waals surface area contributed by atoms with Gasteiger partial charge in [0, 0.05) is 13.1 Å². The number of methoxy groups -OCH3 is 2. The van der Waals surface area contributed by atoms with Gasteiger partial charge < -0.3 is 19.5 Å². The molecule has 0 aliphatic carbocycles. The van der Waals surface area contributed by atoms with E-state index in [9.17, 15) is 0 Å². The van der Waals surface area contributed by atoms with Gasteiger partial charge in [-0.3, -0.25) is 0 Å². The lowest BCUT2D eigenvalue weighted by atomic mass is 10.2. The Morgan fingerprint density at radius 3 is 2.50 bits per heavy atom. The van der Waals surface area contributed by atoms with Gasteiger partial charge in [0.1, 0.15) is 0 Å². The molecule has 0 saturated carbocycles. The molecule has 1 saturated heterocycles. The zero-order valence-electron chi connectivity index (χ0n) is 9.66. The van der Waals surface area contributed by atoms with Crippen LogP contribution in [0.4, 0.5) is 0 Å². The summed E-state index contributed by atoms with van der Waals surface area (Å²) in [7, 11) is 3.27. The maximum Gasteiger partial charge on any atom is 0.161 e. The van der Waals surface area contributed by atoms with Gasteiger partial charge in [0.05, 0.1) is 26.9 Å². The molecule has 1 aromatic carbocycles. The molecule has 0 amide bonds. The molecule has 1 aliphatic heterocycles. The van der Waals surface area contributed by atoms with Crippen molar-refractivity contribution in [3.63, 3.8) is 0 Å². The van der Waals surface area contributed by atoms with Crippen LogP contribution in [-0.4, -0.2) is 33.4 Å². The predicted molar refractivity (Wildman–Crippen MR) is 61.0 cm³/mol. The number of nitrogens with one attached hydrogen (secondary N) is 1. The van der Waals surface area contributed by atoms with Crippen LogP contribution in [0.5, 0.6) is 11.5 Å². The van der Waals surface area contributed by atoms with Crippen LogP contribution in [-0.2, 0) is 11.3 Å². The van der Waals surface area contributed by atoms with Gasteiger partial charge in [0.2, 0.25) is 0 Å². The smallest absolute Gasteiger partial charge is 0.161 e. The maximum absolute atomic E-state index is 5.68. The van der Waals surface area contributed by atoms with Gasteiger partial charge in [-0.2, -0.15) is 0 Å². The predicted octanol–water partition coefficient (Wildman–Crippen LogP) is 1.19. The van der Waals surface area contributed by atoms with Crippen molar-refractivity contribution in [3.8, 4) is 11.5 Å². The van der Waals surface area contributed by atoms with Crippen molar-refractivity contribution in [2.45, 2.75) is 12.7 Å². The SMILES string of the molecule is COc1ccc(COC2CNC2)cc1OC. The number of benzene rings is 1. The van der Waals surface area contributed by atoms with Crippen molar-refractivity contribution in [1.29, 1.82) is 0 Å². The van der Waals surface area contributed by atoms with Gasteiger partial charge in [0.15, 0.2) is 11.5 Å². The summed E-state index contributed by atoms with van der Waals surface area (Å²) in [5, 5.41) is 3.17. The molecule has 16 heavy (non-hydrogen) atoms. The van der Waals surface area contributed by atoms with E-state index in [1.54, 1.807) is 14.2 Å². The average molecular weight is 223 g/mol. The van der Waals surface area contributed by atoms with Crippen LogP contribution in [0.25, 0.3) is 0 Å². The van der Waals surface area contributed by atoms with Crippen LogP contribution in [0, 0.1) is 0 Å². The minimum atomic E-state index is 0.355. The van der Waals surface area contributed by atoms with Crippen molar-refractivity contribution >= 4 is 0 Å². The third-order valence-corrected chi connectivity index (χ3v) is 2.68. The largest absolute Gasteiger partial charge is 0.493 e. The zero-order chi connectivity index (χ0) is 11.4. The standard InChI is InChI=1S/C12H17NO3/c1-14-11-4-3-9(5-12(11)15-2)8-16-10-6-13-7-10/h3-5,10,13H,6-8H2,1-2H3. The fourth-order valence-corrected chi connectivity index (χ4v) is 1.56. The summed E-state index contributed by atoms with van der Waals surface area (Å²) in [6.07, 6.45) is 0.355. The summed E-state index contributed by atoms with van der Waals surface area (Å²) in [5.41, 5.74) is 1.10. The molecule has 0 atom stereocenters. The highest BCUT2D eigenvalue weighted by molar-refractivity contribution is 5.42. The molecule has 0 radical (unpaired) electrons. The van der Waals surface area contributed by atoms with Crippen LogP contribution >= 0.6 is 0 Å². The monoisotopic (exact) mass is 223 g/mol. The molecular weight excluding hydrogens is 206 g/mol. The normalized spacial score (nSPS) is 15.6. The first-order chi connectivity index (χ1) is 7.83. The fraction of sp³-hybridized carbons (Fsp3) is 0.500. The minimum absolute atomic E-state index is 0.355. The fourth-order valence-electron chi connectivity index (χ4n) is 1.56. The molecule has 1 aromatic rings. The maximum atomic E-state index is 5.68. The highest BCUT2D eigenvalue weighted by atomic mass is 16.5. The third kappa shape index (κ3) is 2.46. The zero-order valence-corrected chi connectivity index (χ0v) is 9.66. The van der Waals surface area contributed by atoms with Gasteiger partial charge in [-0.05, 0) is 17.7 Å². The van der Waals surface area contributed by atoms with E-state index >= 15 is 0 Å². The molecule has 0 spiro atoms. The molecule has 1 aliphatic rings. The lowest BCUT2D eigenvalue weighted by Gasteiger charge is -2.27. The first-order valence-corrected chi connectivity index (χ1v) is 5.36. The highest BCUT2D eigenvalue weighted by Gasteiger charge is 2.17. The summed E-state index contributed by atoms with van der Waals surface area (Å²) in [6, 6.07) is 5.84. The Hall–Kier alpha value is -1.26. The number of rotatable bonds is 5. The topological polar surface area (TPSA) is 39.7 Å². The lowest BCUT2D eigenvalue weighted by Crippen LogP contribution is -2.48. The first-order valence-electron chi connectivity index (χ1n) is 5.36. The Labute approximate surface area is 95.5 Å². The van der Waals surface area contributed by atoms with E-state index in [0.717, 1.165) is 30.2 Å². The molecule has 2 rings (SSSR count). The second kappa shape index (κ2) is 5.18. The Bertz CT molecular complexity index is 350. The highest BCUT2D eigenvalue weighted by Crippen LogP contribution is 2.27. The first kappa shape index (κ1) is 11.2. The van der Waals surface area contributed by atoms with Crippen molar-refractivity contribution in [1.82, 2.24) is 5.32 Å². The van der Waals surface area contributed by atoms with E-state index in [4.69, 9.17) is 14.2 Å². The molecule has 0 bridgehead atoms. The molecule has 0 aromatic heterocycles. The summed E-state index contributed by atoms with van der Waals surface area (Å²) in [5.74, 6) is 1.49. The van der Waals surface area contributed by atoms with Crippen LogP contribution in [0.1, 0.15) is 5.56 Å². The van der Waals surface area contributed by atoms with E-state index in [2.05, 4.69) is 5.32 Å². The third-order valence-electron chi connectivity index (χ3n) is 2.68. The van der Waals surface area contributed by atoms with E-state index in [1.165, 1.54) is 0 Å². The molecule has 1 heterocycles. The van der Waals surface area contributed by atoms with Crippen molar-refractivity contribution in [2.24, 2.45) is 0 Å². The van der Waals surface area contributed by atoms with Crippen molar-refractivity contribution in [3.05, 3.63) is 23.8 Å². The van der Waals surface area contributed by atoms with Gasteiger partial charge >= 0.3 is 0 Å². The summed E-state index contributed by atoms with van der Waals surface area (Å²) < 4.78 is 16.1. The van der Waals surface area contributed by atoms with Gasteiger partial charge in [0.25, 0.3) is 0 Å². The van der Waals surface area contributed by atoms with Gasteiger partial charge in [-0.15, -0.1) is 0 Å². The molecule has 1 fully saturated rings. The molecule has 4 heteroatoms. The summed E-state index contributed by atoms with van der Waals surface area (Å²) in [4.78, 5) is 0. The van der Waals surface area contributed by atoms with Crippen molar-refractivity contribution < 1.29 is 14.2 Å². The van der Waals surface area contributed by atoms with Gasteiger partial charge in [-0.25, -0.2) is 0 Å². The Kier molecular flexibility index (Phi) is 3.64. The quantitative estimate of drug-likeness (QED) is 0.814. The number of ether oxygens (including phenoxy) is 3. The summed E-state index contributed by atoms with van der Waals surface area (Å²) >= 11 is 0. The number of hydrogen-bond acceptors (Lipinski definition) is 4. The molecule has 88 valence electrons. The minimum Gasteiger partial charge on any atom is -0.493 e. The Balaban J connectivity index is 1.97. The number of hydrogen-bond donors (Lipinski definition) is 1. The lowest BCUT2D eigenvalue weighted by molar-refractivity contribution is 0.00750. The van der Waals surface area contributed by atoms with Crippen LogP contribution in [0.3, 0.4) is 0 Å². The van der Waals surface area contributed by atoms with Crippen LogP contribution in [0.2, 0.25) is 0 Å². The molecule has 0 unspecified atom stereocenters. The van der Waals surface area contributed by atoms with E-state index in [0.29, 0.717) is 12.7 Å². The van der Waals surface area contributed by atoms with Gasteiger partial charge in [-0.1, -0.05) is 6.07 Å². The van der Waals surface area contributed by atoms with Crippen molar-refractivity contribution in [2.75, 3.05) is 27.3 Å². The van der Waals surface area contributed by atoms with E-state index < -0.39 is 0 Å². The molecule has 4 nitrogen and oxygen atoms in total. The molecular formula is C12H17NO3. The van der Waals surface area contributed by atoms with Crippen LogP contribution in [0.15, 0.2) is 18.2 Å². The average Bonchev–Trinajstić information content (AvgIpc) is 2.26. The van der Waals surface area contributed by atoms with E-state index in [-0.39, 0.29) is 0 Å². The summed E-state index contributed by atoms with van der Waals surface area (Å²) in [6.45, 7) is 2.52. The van der Waals surface area contributed by atoms with Crippen LogP contribution < -0.4 is 14.8 Å². The van der Waals surface area contributed by atoms with E-state index in [1.807, 2.05) is 18.2 Å². The Morgan fingerprint density at radius 2 is 1.94 bits per heavy atom. The molecule has 1 N–H and O–H groups in total. The Morgan fingerprint density at radius 1 is 1.19 bits per heavy atom.